The summed E-state index contributed by atoms with van der Waals surface area (Å²) in [4.78, 5) is 4.21. The van der Waals surface area contributed by atoms with Crippen LogP contribution < -0.4 is 9.80 Å². The van der Waals surface area contributed by atoms with Crippen LogP contribution in [-0.4, -0.2) is 0 Å². The molecule has 328 valence electrons. The monoisotopic (exact) mass is 895 g/mol. The van der Waals surface area contributed by atoms with Gasteiger partial charge in [-0.2, -0.15) is 0 Å². The molecule has 0 saturated heterocycles. The first kappa shape index (κ1) is 35.2. The summed E-state index contributed by atoms with van der Waals surface area (Å²) in [6.07, 6.45) is 0. The van der Waals surface area contributed by atoms with Crippen molar-refractivity contribution >= 4 is 34.1 Å². The molecule has 11 aromatic rings. The molecule has 1 atom stereocenters. The van der Waals surface area contributed by atoms with Crippen LogP contribution in [0.15, 0.2) is 279 Å². The number of hydrogen-bond donors (Lipinski definition) is 0. The van der Waals surface area contributed by atoms with Gasteiger partial charge in [-0.3, -0.25) is 0 Å². The molecule has 1 unspecified atom stereocenters. The number of anilines is 6. The van der Waals surface area contributed by atoms with Crippen LogP contribution in [0.4, 0.5) is 34.1 Å². The Morgan fingerprint density at radius 2 is 0.600 bits per heavy atom. The second-order valence-corrected chi connectivity index (χ2v) is 18.4. The van der Waals surface area contributed by atoms with E-state index in [2.05, 4.69) is 217 Å². The lowest BCUT2D eigenvalue weighted by Gasteiger charge is -2.35. The van der Waals surface area contributed by atoms with E-state index in [-0.39, 0.29) is 29.9 Å². The van der Waals surface area contributed by atoms with E-state index in [0.29, 0.717) is 11.4 Å². The maximum atomic E-state index is 9.20. The first-order chi connectivity index (χ1) is 36.8. The number of rotatable bonds is 8. The minimum absolute atomic E-state index is 0.0924. The van der Waals surface area contributed by atoms with Crippen molar-refractivity contribution in [1.29, 1.82) is 0 Å². The zero-order valence-electron chi connectivity index (χ0n) is 43.1. The van der Waals surface area contributed by atoms with E-state index in [4.69, 9.17) is 4.11 Å². The van der Waals surface area contributed by atoms with Crippen molar-refractivity contribution in [3.05, 3.63) is 323 Å². The fourth-order valence-corrected chi connectivity index (χ4v) is 12.3. The predicted molar refractivity (Wildman–Crippen MR) is 289 cm³/mol. The Balaban J connectivity index is 0.991. The molecule has 2 nitrogen and oxygen atoms in total. The number of fused-ring (bicyclic) bond motifs is 13. The molecule has 11 aromatic carbocycles. The van der Waals surface area contributed by atoms with Gasteiger partial charge in [-0.25, -0.2) is 0 Å². The summed E-state index contributed by atoms with van der Waals surface area (Å²) >= 11 is 0. The third-order valence-electron chi connectivity index (χ3n) is 15.0. The highest BCUT2D eigenvalue weighted by Gasteiger charge is 2.52. The Hall–Kier alpha value is -8.98. The van der Waals surface area contributed by atoms with Crippen LogP contribution in [0.25, 0.3) is 33.4 Å². The van der Waals surface area contributed by atoms with E-state index in [1.807, 2.05) is 41.3 Å². The zero-order chi connectivity index (χ0) is 50.6. The van der Waals surface area contributed by atoms with Crippen molar-refractivity contribution in [2.75, 3.05) is 9.80 Å². The topological polar surface area (TPSA) is 6.48 Å². The normalized spacial score (nSPS) is 16.0. The SMILES string of the molecule is [2H]c1c([2H])c([2H])c(N(c2ccccc2)c2ccc3c(c2)C2(c4ccccc4-c4cc(N(c5ccccc5)c5ccc6c(c5)C(c5ccccc5)(c5ccccc5)c5ccccc5-6)ccc42)c2ccccc2-3)c([2H])c1[2H]. The molecule has 0 aliphatic heterocycles. The predicted octanol–water partition coefficient (Wildman–Crippen LogP) is 17.3. The average molecular weight is 896 g/mol. The van der Waals surface area contributed by atoms with Crippen molar-refractivity contribution in [1.82, 2.24) is 0 Å². The van der Waals surface area contributed by atoms with Gasteiger partial charge in [0.05, 0.1) is 17.7 Å². The number of benzene rings is 11. The van der Waals surface area contributed by atoms with Crippen LogP contribution in [0, 0.1) is 0 Å². The summed E-state index contributed by atoms with van der Waals surface area (Å²) in [5.41, 5.74) is 19.6. The molecular weight excluding hydrogens is 845 g/mol. The Morgan fingerprint density at radius 1 is 0.243 bits per heavy atom. The Labute approximate surface area is 416 Å². The highest BCUT2D eigenvalue weighted by molar-refractivity contribution is 5.98. The standard InChI is InChI=1S/C68H46N2/c1-6-22-47(23-7-1)67(48-24-8-2-9-25-48)61-35-19-16-32-55(61)58-41-39-54(45-65(58)67)70(51-30-14-5-15-31-51)52-40-43-64-60(44-52)57-34-18-21-37-63(57)68(64)62-36-20-17-33-56(62)59-42-38-53(46-66(59)68)69(49-26-10-3-11-27-49)50-28-12-4-13-29-50/h1-46H/i3D,10D,11D,26D,27D. The van der Waals surface area contributed by atoms with Gasteiger partial charge < -0.3 is 9.80 Å². The van der Waals surface area contributed by atoms with E-state index >= 15 is 0 Å². The average Bonchev–Trinajstić information content (AvgIpc) is 4.27. The quantitative estimate of drug-likeness (QED) is 0.150. The smallest absolute Gasteiger partial charge is 0.0726 e. The minimum Gasteiger partial charge on any atom is -0.310 e. The van der Waals surface area contributed by atoms with E-state index in [9.17, 15) is 2.74 Å². The van der Waals surface area contributed by atoms with Crippen LogP contribution in [0.3, 0.4) is 0 Å². The molecule has 2 heteroatoms. The van der Waals surface area contributed by atoms with E-state index in [1.54, 1.807) is 0 Å². The van der Waals surface area contributed by atoms with Gasteiger partial charge >= 0.3 is 0 Å². The molecule has 0 fully saturated rings. The third-order valence-corrected chi connectivity index (χ3v) is 15.0. The van der Waals surface area contributed by atoms with Crippen LogP contribution in [0.5, 0.6) is 0 Å². The molecular formula is C68H46N2. The van der Waals surface area contributed by atoms with Gasteiger partial charge in [0.2, 0.25) is 0 Å². The summed E-state index contributed by atoms with van der Waals surface area (Å²) in [5.74, 6) is 0. The van der Waals surface area contributed by atoms with E-state index in [1.165, 1.54) is 38.9 Å². The summed E-state index contributed by atoms with van der Waals surface area (Å²) in [5, 5.41) is 0. The summed E-state index contributed by atoms with van der Waals surface area (Å²) < 4.78 is 44.3. The highest BCUT2D eigenvalue weighted by Crippen LogP contribution is 2.64. The van der Waals surface area contributed by atoms with Crippen molar-refractivity contribution in [3.8, 4) is 33.4 Å². The summed E-state index contributed by atoms with van der Waals surface area (Å²) in [6.45, 7) is 0. The van der Waals surface area contributed by atoms with E-state index < -0.39 is 16.9 Å². The molecule has 0 N–H and O–H groups in total. The largest absolute Gasteiger partial charge is 0.310 e. The van der Waals surface area contributed by atoms with Gasteiger partial charge in [0.15, 0.2) is 0 Å². The number of para-hydroxylation sites is 3. The number of hydrogen-bond acceptors (Lipinski definition) is 2. The van der Waals surface area contributed by atoms with Crippen LogP contribution in [0.1, 0.15) is 51.4 Å². The molecule has 3 aliphatic carbocycles. The molecule has 0 radical (unpaired) electrons. The lowest BCUT2D eigenvalue weighted by Crippen LogP contribution is -2.28. The molecule has 0 bridgehead atoms. The van der Waals surface area contributed by atoms with Crippen LogP contribution >= 0.6 is 0 Å². The second-order valence-electron chi connectivity index (χ2n) is 18.4. The van der Waals surface area contributed by atoms with Gasteiger partial charge in [0, 0.05) is 34.1 Å². The molecule has 0 aromatic heterocycles. The highest BCUT2D eigenvalue weighted by atomic mass is 15.1. The maximum Gasteiger partial charge on any atom is 0.0726 e. The van der Waals surface area contributed by atoms with Gasteiger partial charge in [0.25, 0.3) is 0 Å². The van der Waals surface area contributed by atoms with Crippen molar-refractivity contribution < 1.29 is 6.85 Å². The fraction of sp³-hybridized carbons (Fsp3) is 0.0294. The van der Waals surface area contributed by atoms with Gasteiger partial charge in [-0.05, 0) is 151 Å². The first-order valence-electron chi connectivity index (χ1n) is 26.4. The molecule has 3 aliphatic rings. The molecule has 1 spiro atoms. The Kier molecular flexibility index (Phi) is 7.95. The minimum atomic E-state index is -0.754. The molecule has 0 heterocycles. The lowest BCUT2D eigenvalue weighted by atomic mass is 9.67. The Morgan fingerprint density at radius 3 is 1.11 bits per heavy atom. The lowest BCUT2D eigenvalue weighted by molar-refractivity contribution is 0.768. The molecule has 0 amide bonds. The van der Waals surface area contributed by atoms with Gasteiger partial charge in [0.1, 0.15) is 0 Å². The Bertz CT molecular complexity index is 4020. The fourth-order valence-electron chi connectivity index (χ4n) is 12.3. The molecule has 70 heavy (non-hydrogen) atoms. The van der Waals surface area contributed by atoms with Crippen molar-refractivity contribution in [2.24, 2.45) is 0 Å². The van der Waals surface area contributed by atoms with Crippen LogP contribution in [-0.2, 0) is 10.8 Å². The molecule has 0 saturated carbocycles. The third kappa shape index (κ3) is 5.68. The number of nitrogens with zero attached hydrogens (tertiary/aromatic N) is 2. The van der Waals surface area contributed by atoms with E-state index in [0.717, 1.165) is 56.0 Å². The second kappa shape index (κ2) is 15.8. The maximum absolute atomic E-state index is 9.20. The summed E-state index contributed by atoms with van der Waals surface area (Å²) in [6, 6.07) is 87.0. The summed E-state index contributed by atoms with van der Waals surface area (Å²) in [7, 11) is 0. The van der Waals surface area contributed by atoms with Crippen LogP contribution in [0.2, 0.25) is 0 Å². The first-order valence-corrected chi connectivity index (χ1v) is 23.9. The molecule has 14 rings (SSSR count). The van der Waals surface area contributed by atoms with Crippen molar-refractivity contribution in [3.63, 3.8) is 0 Å². The zero-order valence-corrected chi connectivity index (χ0v) is 38.1. The van der Waals surface area contributed by atoms with Crippen molar-refractivity contribution in [2.45, 2.75) is 10.8 Å². The van der Waals surface area contributed by atoms with Gasteiger partial charge in [-0.1, -0.05) is 206 Å². The van der Waals surface area contributed by atoms with Gasteiger partial charge in [-0.15, -0.1) is 0 Å².